The van der Waals surface area contributed by atoms with Crippen LogP contribution in [-0.2, 0) is 14.3 Å². The Morgan fingerprint density at radius 2 is 1.18 bits per heavy atom. The normalized spacial score (nSPS) is 57.3. The first-order valence-corrected chi connectivity index (χ1v) is 20.7. The lowest BCUT2D eigenvalue weighted by Gasteiger charge is -2.60. The maximum absolute atomic E-state index is 12.2. The van der Waals surface area contributed by atoms with E-state index in [0.29, 0.717) is 56.7 Å². The lowest BCUT2D eigenvalue weighted by molar-refractivity contribution is -0.223. The molecule has 7 heteroatoms. The Kier molecular flexibility index (Phi) is 8.59. The van der Waals surface area contributed by atoms with Crippen molar-refractivity contribution in [1.82, 2.24) is 0 Å². The lowest BCUT2D eigenvalue weighted by atomic mass is 9.46. The van der Waals surface area contributed by atoms with Gasteiger partial charge >= 0.3 is 0 Å². The smallest absolute Gasteiger partial charge is 0.169 e. The first-order chi connectivity index (χ1) is 24.7. The molecule has 9 aliphatic rings. The molecule has 0 aromatic rings. The number of allylic oxidation sites excluding steroid dienone is 2. The quantitative estimate of drug-likeness (QED) is 0.225. The zero-order valence-corrected chi connectivity index (χ0v) is 32.3. The molecule has 0 aromatic carbocycles. The molecular weight excluding hydrogens is 640 g/mol. The van der Waals surface area contributed by atoms with Gasteiger partial charge in [0.05, 0.1) is 40.3 Å². The number of carbonyl (C=O) groups is 1. The van der Waals surface area contributed by atoms with Gasteiger partial charge in [0.1, 0.15) is 5.78 Å². The Labute approximate surface area is 309 Å². The molecule has 0 amide bonds. The van der Waals surface area contributed by atoms with Crippen molar-refractivity contribution in [2.45, 2.75) is 162 Å². The molecular formula is C44H68O7. The van der Waals surface area contributed by atoms with E-state index < -0.39 is 17.9 Å². The van der Waals surface area contributed by atoms with Crippen LogP contribution < -0.4 is 0 Å². The first-order valence-electron chi connectivity index (χ1n) is 21.7. The predicted molar refractivity (Wildman–Crippen MR) is 196 cm³/mol. The zero-order valence-electron chi connectivity index (χ0n) is 34.3. The third-order valence-corrected chi connectivity index (χ3v) is 17.6. The number of carbonyl (C=O) groups excluding carboxylic acids is 1. The maximum Gasteiger partial charge on any atom is 0.169 e. The van der Waals surface area contributed by atoms with Gasteiger partial charge in [-0.1, -0.05) is 51.0 Å². The van der Waals surface area contributed by atoms with Crippen molar-refractivity contribution in [2.24, 2.45) is 69.0 Å². The molecule has 8 aliphatic carbocycles. The SMILES string of the molecule is [2H][C@]1(O)C[C@]2(C)[C@@H](C(C)=O)CC[C@H]2[C@@H]2CC=C3CC(O)CC[C@]3(C)[C@H]21.[2H][C@]1(O)C[C@]2(C)[C@@H](C3(C)OCCO3)CC[C@H]2[C@@H]2CC=C3CC(O)CC[C@]3(C)[C@H]21. The van der Waals surface area contributed by atoms with Crippen LogP contribution in [0.5, 0.6) is 0 Å². The highest BCUT2D eigenvalue weighted by Crippen LogP contribution is 2.69. The van der Waals surface area contributed by atoms with Gasteiger partial charge in [0.15, 0.2) is 5.79 Å². The molecule has 0 radical (unpaired) electrons. The second-order valence-corrected chi connectivity index (χ2v) is 20.0. The summed E-state index contributed by atoms with van der Waals surface area (Å²) in [6, 6.07) is 0. The highest BCUT2D eigenvalue weighted by atomic mass is 16.7. The molecule has 7 nitrogen and oxygen atoms in total. The largest absolute Gasteiger partial charge is 0.393 e. The van der Waals surface area contributed by atoms with Gasteiger partial charge in [0.2, 0.25) is 0 Å². The Bertz CT molecular complexity index is 1530. The van der Waals surface area contributed by atoms with E-state index in [0.717, 1.165) is 64.2 Å². The first kappa shape index (κ1) is 34.4. The second kappa shape index (κ2) is 12.7. The molecule has 2 unspecified atom stereocenters. The molecule has 286 valence electrons. The van der Waals surface area contributed by atoms with Gasteiger partial charge in [-0.15, -0.1) is 0 Å². The summed E-state index contributed by atoms with van der Waals surface area (Å²) in [5.41, 5.74) is 1.79. The molecule has 16 atom stereocenters. The van der Waals surface area contributed by atoms with Gasteiger partial charge in [-0.3, -0.25) is 4.79 Å². The molecule has 0 aromatic heterocycles. The summed E-state index contributed by atoms with van der Waals surface area (Å²) in [6.07, 6.45) is 12.6. The Hall–Kier alpha value is -1.09. The standard InChI is InChI=1S/C23H36O4.C21H32O3/c1-21-9-8-15(24)12-14(21)4-5-16-17-6-7-19(23(3)26-10-11-27-23)22(17,2)13-18(25)20(16)21;1-12(22)16-6-7-17-15-5-4-13-10-14(23)8-9-20(13,2)19(15)18(24)11-21(16,17)3/h4,15-20,24-25H,5-13H2,1-3H3;4,14-19,23-24H,5-11H2,1-3H3/t15?,16-,17-,18-,19-,20+,21-,22-;14?,15-,16+,17-,18-,19+,20-,21+/m00/s1/i2*18D. The molecule has 1 aliphatic heterocycles. The van der Waals surface area contributed by atoms with E-state index in [4.69, 9.17) is 12.2 Å². The monoisotopic (exact) mass is 711 g/mol. The van der Waals surface area contributed by atoms with Gasteiger partial charge in [-0.2, -0.15) is 0 Å². The van der Waals surface area contributed by atoms with Crippen molar-refractivity contribution >= 4 is 5.78 Å². The Morgan fingerprint density at radius 3 is 1.69 bits per heavy atom. The highest BCUT2D eigenvalue weighted by Gasteiger charge is 2.66. The third kappa shape index (κ3) is 5.50. The molecule has 0 spiro atoms. The summed E-state index contributed by atoms with van der Waals surface area (Å²) in [5, 5.41) is 43.2. The molecule has 6 saturated carbocycles. The van der Waals surface area contributed by atoms with Gasteiger partial charge in [-0.05, 0) is 161 Å². The van der Waals surface area contributed by atoms with E-state index in [9.17, 15) is 25.2 Å². The van der Waals surface area contributed by atoms with Crippen molar-refractivity contribution in [3.8, 4) is 0 Å². The fourth-order valence-electron chi connectivity index (χ4n) is 15.3. The van der Waals surface area contributed by atoms with E-state index in [1.807, 2.05) is 0 Å². The van der Waals surface area contributed by atoms with Crippen molar-refractivity contribution < 1.29 is 37.4 Å². The highest BCUT2D eigenvalue weighted by molar-refractivity contribution is 5.79. The average Bonchev–Trinajstić information content (AvgIpc) is 3.75. The van der Waals surface area contributed by atoms with E-state index in [1.54, 1.807) is 6.92 Å². The summed E-state index contributed by atoms with van der Waals surface area (Å²) < 4.78 is 30.2. The Morgan fingerprint density at radius 1 is 0.706 bits per heavy atom. The van der Waals surface area contributed by atoms with Crippen LogP contribution in [0.3, 0.4) is 0 Å². The van der Waals surface area contributed by atoms with Crippen molar-refractivity contribution in [3.63, 3.8) is 0 Å². The minimum atomic E-state index is -1.50. The van der Waals surface area contributed by atoms with Crippen molar-refractivity contribution in [2.75, 3.05) is 13.2 Å². The number of ether oxygens (including phenoxy) is 2. The molecule has 51 heavy (non-hydrogen) atoms. The number of rotatable bonds is 2. The van der Waals surface area contributed by atoms with Crippen LogP contribution >= 0.6 is 0 Å². The van der Waals surface area contributed by atoms with Crippen LogP contribution in [0, 0.1) is 69.0 Å². The number of fused-ring (bicyclic) bond motifs is 10. The summed E-state index contributed by atoms with van der Waals surface area (Å²) in [5.74, 6) is 1.20. The lowest BCUT2D eigenvalue weighted by Crippen LogP contribution is -2.58. The van der Waals surface area contributed by atoms with Crippen molar-refractivity contribution in [1.29, 1.82) is 0 Å². The number of hydrogen-bond donors (Lipinski definition) is 4. The number of hydrogen-bond acceptors (Lipinski definition) is 7. The van der Waals surface area contributed by atoms with Gasteiger partial charge in [0, 0.05) is 11.8 Å². The van der Waals surface area contributed by atoms with Crippen LogP contribution in [-0.4, -0.2) is 69.6 Å². The third-order valence-electron chi connectivity index (χ3n) is 17.6. The molecule has 9 rings (SSSR count). The molecule has 0 bridgehead atoms. The second-order valence-electron chi connectivity index (χ2n) is 20.0. The van der Waals surface area contributed by atoms with Gasteiger partial charge in [0.25, 0.3) is 0 Å². The number of Topliss-reactive ketones (excluding diaryl/α,β-unsaturated/α-hetero) is 1. The molecule has 4 N–H and O–H groups in total. The summed E-state index contributed by atoms with van der Waals surface area (Å²) in [4.78, 5) is 12.2. The minimum absolute atomic E-state index is 0.0123. The fourth-order valence-corrected chi connectivity index (χ4v) is 15.3. The van der Waals surface area contributed by atoms with Crippen LogP contribution in [0.2, 0.25) is 0 Å². The van der Waals surface area contributed by atoms with E-state index in [2.05, 4.69) is 46.8 Å². The minimum Gasteiger partial charge on any atom is -0.393 e. The van der Waals surface area contributed by atoms with Crippen molar-refractivity contribution in [3.05, 3.63) is 23.3 Å². The van der Waals surface area contributed by atoms with Crippen LogP contribution in [0.15, 0.2) is 23.3 Å². The summed E-state index contributed by atoms with van der Waals surface area (Å²) >= 11 is 0. The molecule has 7 fully saturated rings. The van der Waals surface area contributed by atoms with Gasteiger partial charge < -0.3 is 29.9 Å². The molecule has 1 saturated heterocycles. The maximum atomic E-state index is 12.2. The van der Waals surface area contributed by atoms with E-state index in [1.165, 1.54) is 11.1 Å². The predicted octanol–water partition coefficient (Wildman–Crippen LogP) is 7.15. The summed E-state index contributed by atoms with van der Waals surface area (Å²) in [6.45, 7) is 13.9. The van der Waals surface area contributed by atoms with E-state index >= 15 is 0 Å². The number of aliphatic hydroxyl groups is 4. The molecule has 1 heterocycles. The van der Waals surface area contributed by atoms with E-state index in [-0.39, 0.29) is 69.2 Å². The van der Waals surface area contributed by atoms with Crippen LogP contribution in [0.25, 0.3) is 0 Å². The number of aliphatic hydroxyl groups excluding tert-OH is 2. The Balaban J connectivity index is 0.000000152. The topological polar surface area (TPSA) is 116 Å². The van der Waals surface area contributed by atoms with Gasteiger partial charge in [-0.25, -0.2) is 0 Å². The zero-order chi connectivity index (χ0) is 38.1. The van der Waals surface area contributed by atoms with Crippen LogP contribution in [0.1, 0.15) is 134 Å². The fraction of sp³-hybridized carbons (Fsp3) is 0.886. The number of ketones is 1. The summed E-state index contributed by atoms with van der Waals surface area (Å²) in [7, 11) is 0. The average molecular weight is 711 g/mol. The van der Waals surface area contributed by atoms with Crippen LogP contribution in [0.4, 0.5) is 0 Å².